The quantitative estimate of drug-likeness (QED) is 0.548. The molecule has 1 heteroatoms. The van der Waals surface area contributed by atoms with Crippen molar-refractivity contribution in [1.29, 1.82) is 0 Å². The Morgan fingerprint density at radius 1 is 1.27 bits per heavy atom. The van der Waals surface area contributed by atoms with Crippen LogP contribution in [0.3, 0.4) is 0 Å². The third-order valence-electron chi connectivity index (χ3n) is 4.29. The van der Waals surface area contributed by atoms with Crippen LogP contribution in [0.5, 0.6) is 0 Å². The minimum atomic E-state index is 0.0833. The van der Waals surface area contributed by atoms with Crippen LogP contribution < -0.4 is 0 Å². The van der Waals surface area contributed by atoms with Gasteiger partial charge in [-0.25, -0.2) is 0 Å². The molecule has 3 atom stereocenters. The Balaban J connectivity index is 2.40. The van der Waals surface area contributed by atoms with E-state index in [1.807, 2.05) is 0 Å². The fourth-order valence-electron chi connectivity index (χ4n) is 4.16. The van der Waals surface area contributed by atoms with Crippen LogP contribution in [0.2, 0.25) is 0 Å². The number of hydrogen-bond acceptors (Lipinski definition) is 1. The van der Waals surface area contributed by atoms with Gasteiger partial charge in [0.05, 0.1) is 11.7 Å². The van der Waals surface area contributed by atoms with Crippen molar-refractivity contribution in [1.82, 2.24) is 0 Å². The lowest BCUT2D eigenvalue weighted by atomic mass is 9.58. The third kappa shape index (κ3) is 1.75. The average Bonchev–Trinajstić information content (AvgIpc) is 1.97. The summed E-state index contributed by atoms with van der Waals surface area (Å²) in [4.78, 5) is 0. The van der Waals surface area contributed by atoms with Crippen molar-refractivity contribution in [3.05, 3.63) is 11.6 Å². The molecule has 3 unspecified atom stereocenters. The monoisotopic (exact) mass is 208 g/mol. The molecule has 0 spiro atoms. The molecule has 0 radical (unpaired) electrons. The van der Waals surface area contributed by atoms with Gasteiger partial charge in [0.15, 0.2) is 0 Å². The lowest BCUT2D eigenvalue weighted by molar-refractivity contribution is -0.148. The zero-order valence-corrected chi connectivity index (χ0v) is 10.8. The van der Waals surface area contributed by atoms with Crippen molar-refractivity contribution >= 4 is 0 Å². The fourth-order valence-corrected chi connectivity index (χ4v) is 4.16. The van der Waals surface area contributed by atoms with Crippen LogP contribution >= 0.6 is 0 Å². The van der Waals surface area contributed by atoms with Crippen LogP contribution in [0.25, 0.3) is 0 Å². The fraction of sp³-hybridized carbons (Fsp3) is 0.857. The molecule has 1 fully saturated rings. The molecule has 0 aromatic carbocycles. The molecule has 0 amide bonds. The maximum absolute atomic E-state index is 6.21. The van der Waals surface area contributed by atoms with E-state index in [1.54, 1.807) is 5.57 Å². The van der Waals surface area contributed by atoms with Gasteiger partial charge in [0.2, 0.25) is 0 Å². The topological polar surface area (TPSA) is 9.23 Å². The lowest BCUT2D eigenvalue weighted by Crippen LogP contribution is -2.52. The van der Waals surface area contributed by atoms with Gasteiger partial charge in [-0.05, 0) is 39.0 Å². The molecule has 0 saturated heterocycles. The highest BCUT2D eigenvalue weighted by molar-refractivity contribution is 5.20. The molecule has 0 aromatic heterocycles. The van der Waals surface area contributed by atoms with Crippen molar-refractivity contribution in [3.63, 3.8) is 0 Å². The predicted molar refractivity (Wildman–Crippen MR) is 63.8 cm³/mol. The summed E-state index contributed by atoms with van der Waals surface area (Å²) in [7, 11) is 0. The van der Waals surface area contributed by atoms with Crippen LogP contribution in [-0.4, -0.2) is 11.7 Å². The minimum Gasteiger partial charge on any atom is -0.368 e. The van der Waals surface area contributed by atoms with E-state index >= 15 is 0 Å². The van der Waals surface area contributed by atoms with E-state index in [-0.39, 0.29) is 5.60 Å². The SMILES string of the molecule is CC1=CC(C)OC2(C)CCCC(C)(C)C12. The first kappa shape index (κ1) is 11.2. The van der Waals surface area contributed by atoms with E-state index in [1.165, 1.54) is 19.3 Å². The molecule has 2 rings (SSSR count). The van der Waals surface area contributed by atoms with Crippen molar-refractivity contribution in [2.45, 2.75) is 65.6 Å². The van der Waals surface area contributed by atoms with E-state index in [2.05, 4.69) is 40.7 Å². The Morgan fingerprint density at radius 2 is 1.93 bits per heavy atom. The highest BCUT2D eigenvalue weighted by Gasteiger charge is 2.50. The zero-order chi connectivity index (χ0) is 11.3. The molecule has 1 saturated carbocycles. The maximum atomic E-state index is 6.21. The molecule has 0 bridgehead atoms. The molecule has 1 aliphatic heterocycles. The molecule has 0 aromatic rings. The molecule has 15 heavy (non-hydrogen) atoms. The van der Waals surface area contributed by atoms with Crippen molar-refractivity contribution < 1.29 is 4.74 Å². The maximum Gasteiger partial charge on any atom is 0.0738 e. The van der Waals surface area contributed by atoms with Gasteiger partial charge in [0.1, 0.15) is 0 Å². The van der Waals surface area contributed by atoms with Gasteiger partial charge in [-0.3, -0.25) is 0 Å². The normalized spacial score (nSPS) is 44.5. The van der Waals surface area contributed by atoms with E-state index in [0.29, 0.717) is 17.4 Å². The molecule has 2 aliphatic rings. The Bertz CT molecular complexity index is 290. The molecular formula is C14H24O. The Morgan fingerprint density at radius 3 is 2.60 bits per heavy atom. The molecule has 1 nitrogen and oxygen atoms in total. The summed E-state index contributed by atoms with van der Waals surface area (Å²) < 4.78 is 6.21. The Kier molecular flexibility index (Phi) is 2.50. The van der Waals surface area contributed by atoms with E-state index < -0.39 is 0 Å². The second-order valence-electron chi connectivity index (χ2n) is 6.32. The zero-order valence-electron chi connectivity index (χ0n) is 10.8. The van der Waals surface area contributed by atoms with Crippen LogP contribution in [0, 0.1) is 11.3 Å². The van der Waals surface area contributed by atoms with Crippen molar-refractivity contribution in [2.75, 3.05) is 0 Å². The van der Waals surface area contributed by atoms with Gasteiger partial charge < -0.3 is 4.74 Å². The average molecular weight is 208 g/mol. The number of rotatable bonds is 0. The van der Waals surface area contributed by atoms with Gasteiger partial charge in [-0.1, -0.05) is 31.9 Å². The lowest BCUT2D eigenvalue weighted by Gasteiger charge is -2.54. The largest absolute Gasteiger partial charge is 0.368 e. The highest BCUT2D eigenvalue weighted by atomic mass is 16.5. The van der Waals surface area contributed by atoms with Crippen LogP contribution in [0.1, 0.15) is 53.9 Å². The first-order valence-corrected chi connectivity index (χ1v) is 6.21. The number of hydrogen-bond donors (Lipinski definition) is 0. The summed E-state index contributed by atoms with van der Waals surface area (Å²) in [5.41, 5.74) is 2.02. The summed E-state index contributed by atoms with van der Waals surface area (Å²) in [6, 6.07) is 0. The Labute approximate surface area is 93.9 Å². The standard InChI is InChI=1S/C14H24O/c1-10-9-11(2)15-14(5)8-6-7-13(3,4)12(10)14/h9,11-12H,6-8H2,1-5H3. The van der Waals surface area contributed by atoms with E-state index in [9.17, 15) is 0 Å². The van der Waals surface area contributed by atoms with Gasteiger partial charge >= 0.3 is 0 Å². The third-order valence-corrected chi connectivity index (χ3v) is 4.29. The van der Waals surface area contributed by atoms with E-state index in [4.69, 9.17) is 4.74 Å². The highest BCUT2D eigenvalue weighted by Crippen LogP contribution is 2.53. The predicted octanol–water partition coefficient (Wildman–Crippen LogP) is 3.94. The summed E-state index contributed by atoms with van der Waals surface area (Å²) in [6.07, 6.45) is 6.45. The molecule has 1 heterocycles. The Hall–Kier alpha value is -0.300. The van der Waals surface area contributed by atoms with Crippen LogP contribution in [0.4, 0.5) is 0 Å². The molecule has 0 N–H and O–H groups in total. The first-order chi connectivity index (χ1) is 6.85. The first-order valence-electron chi connectivity index (χ1n) is 6.21. The summed E-state index contributed by atoms with van der Waals surface area (Å²) >= 11 is 0. The van der Waals surface area contributed by atoms with Crippen molar-refractivity contribution in [2.24, 2.45) is 11.3 Å². The summed E-state index contributed by atoms with van der Waals surface area (Å²) in [6.45, 7) is 11.5. The van der Waals surface area contributed by atoms with Gasteiger partial charge in [0, 0.05) is 5.92 Å². The molecule has 1 aliphatic carbocycles. The smallest absolute Gasteiger partial charge is 0.0738 e. The number of fused-ring (bicyclic) bond motifs is 1. The molecule has 86 valence electrons. The minimum absolute atomic E-state index is 0.0833. The molecular weight excluding hydrogens is 184 g/mol. The number of ether oxygens (including phenoxy) is 1. The second kappa shape index (κ2) is 3.35. The van der Waals surface area contributed by atoms with Gasteiger partial charge in [0.25, 0.3) is 0 Å². The van der Waals surface area contributed by atoms with E-state index in [0.717, 1.165) is 0 Å². The van der Waals surface area contributed by atoms with Crippen LogP contribution in [0.15, 0.2) is 11.6 Å². The summed E-state index contributed by atoms with van der Waals surface area (Å²) in [5.74, 6) is 0.606. The van der Waals surface area contributed by atoms with Gasteiger partial charge in [-0.15, -0.1) is 0 Å². The van der Waals surface area contributed by atoms with Crippen LogP contribution in [-0.2, 0) is 4.74 Å². The second-order valence-corrected chi connectivity index (χ2v) is 6.32. The summed E-state index contributed by atoms with van der Waals surface area (Å²) in [5, 5.41) is 0. The van der Waals surface area contributed by atoms with Crippen molar-refractivity contribution in [3.8, 4) is 0 Å². The van der Waals surface area contributed by atoms with Gasteiger partial charge in [-0.2, -0.15) is 0 Å².